The van der Waals surface area contributed by atoms with Gasteiger partial charge in [-0.3, -0.25) is 0 Å². The van der Waals surface area contributed by atoms with E-state index in [-0.39, 0.29) is 0 Å². The summed E-state index contributed by atoms with van der Waals surface area (Å²) in [5.41, 5.74) is 0.351. The lowest BCUT2D eigenvalue weighted by Gasteiger charge is -2.43. The highest BCUT2D eigenvalue weighted by molar-refractivity contribution is 4.88. The fraction of sp³-hybridized carbons (Fsp3) is 1.00. The van der Waals surface area contributed by atoms with Crippen LogP contribution in [-0.2, 0) is 4.74 Å². The van der Waals surface area contributed by atoms with Gasteiger partial charge in [-0.2, -0.15) is 0 Å². The average Bonchev–Trinajstić information content (AvgIpc) is 2.39. The molecule has 0 amide bonds. The minimum atomic E-state index is 0.351. The van der Waals surface area contributed by atoms with Gasteiger partial charge in [0.2, 0.25) is 0 Å². The summed E-state index contributed by atoms with van der Waals surface area (Å²) in [6, 6.07) is 0. The maximum Gasteiger partial charge on any atom is 0.0546 e. The van der Waals surface area contributed by atoms with Crippen molar-refractivity contribution in [3.05, 3.63) is 0 Å². The standard InChI is InChI=1S/C17H34N2O/c1-15(2)10-18-12-17(7-5-9-20-14-17)13-19-8-4-6-16(3)11-19/h15-16,18H,4-14H2,1-3H3. The first-order valence-electron chi connectivity index (χ1n) is 8.60. The van der Waals surface area contributed by atoms with E-state index in [0.29, 0.717) is 5.41 Å². The highest BCUT2D eigenvalue weighted by Gasteiger charge is 2.35. The van der Waals surface area contributed by atoms with Gasteiger partial charge in [0.05, 0.1) is 6.61 Å². The van der Waals surface area contributed by atoms with Gasteiger partial charge in [-0.25, -0.2) is 0 Å². The molecule has 0 aliphatic carbocycles. The van der Waals surface area contributed by atoms with Gasteiger partial charge in [-0.15, -0.1) is 0 Å². The molecule has 3 heteroatoms. The molecule has 2 unspecified atom stereocenters. The third-order valence-electron chi connectivity index (χ3n) is 4.76. The Morgan fingerprint density at radius 3 is 2.85 bits per heavy atom. The van der Waals surface area contributed by atoms with Crippen molar-refractivity contribution in [2.45, 2.75) is 46.5 Å². The molecule has 0 spiro atoms. The molecule has 0 saturated carbocycles. The number of nitrogens with one attached hydrogen (secondary N) is 1. The summed E-state index contributed by atoms with van der Waals surface area (Å²) >= 11 is 0. The number of hydrogen-bond acceptors (Lipinski definition) is 3. The lowest BCUT2D eigenvalue weighted by Crippen LogP contribution is -2.51. The van der Waals surface area contributed by atoms with Gasteiger partial charge in [0.15, 0.2) is 0 Å². The third kappa shape index (κ3) is 5.01. The maximum atomic E-state index is 5.84. The van der Waals surface area contributed by atoms with Gasteiger partial charge >= 0.3 is 0 Å². The van der Waals surface area contributed by atoms with Crippen LogP contribution in [-0.4, -0.2) is 50.8 Å². The number of hydrogen-bond donors (Lipinski definition) is 1. The molecule has 2 rings (SSSR count). The molecule has 0 aromatic heterocycles. The van der Waals surface area contributed by atoms with E-state index in [4.69, 9.17) is 4.74 Å². The Hall–Kier alpha value is -0.120. The summed E-state index contributed by atoms with van der Waals surface area (Å²) < 4.78 is 5.84. The summed E-state index contributed by atoms with van der Waals surface area (Å²) in [7, 11) is 0. The molecule has 20 heavy (non-hydrogen) atoms. The van der Waals surface area contributed by atoms with E-state index in [1.807, 2.05) is 0 Å². The molecule has 2 saturated heterocycles. The smallest absolute Gasteiger partial charge is 0.0546 e. The number of likely N-dealkylation sites (tertiary alicyclic amines) is 1. The van der Waals surface area contributed by atoms with Crippen molar-refractivity contribution >= 4 is 0 Å². The normalized spacial score (nSPS) is 32.7. The first-order valence-corrected chi connectivity index (χ1v) is 8.60. The molecular weight excluding hydrogens is 248 g/mol. The van der Waals surface area contributed by atoms with Gasteiger partial charge in [-0.05, 0) is 50.6 Å². The highest BCUT2D eigenvalue weighted by atomic mass is 16.5. The molecule has 2 fully saturated rings. The Labute approximate surface area is 125 Å². The average molecular weight is 282 g/mol. The van der Waals surface area contributed by atoms with Gasteiger partial charge < -0.3 is 15.0 Å². The van der Waals surface area contributed by atoms with Crippen molar-refractivity contribution < 1.29 is 4.74 Å². The second-order valence-corrected chi connectivity index (χ2v) is 7.66. The SMILES string of the molecule is CC(C)CNCC1(CN2CCCC(C)C2)CCCOC1. The summed E-state index contributed by atoms with van der Waals surface area (Å²) in [4.78, 5) is 2.69. The highest BCUT2D eigenvalue weighted by Crippen LogP contribution is 2.31. The minimum Gasteiger partial charge on any atom is -0.381 e. The van der Waals surface area contributed by atoms with E-state index < -0.39 is 0 Å². The summed E-state index contributed by atoms with van der Waals surface area (Å²) in [6.07, 6.45) is 5.33. The van der Waals surface area contributed by atoms with Crippen LogP contribution < -0.4 is 5.32 Å². The van der Waals surface area contributed by atoms with Gasteiger partial charge in [-0.1, -0.05) is 20.8 Å². The van der Waals surface area contributed by atoms with Crippen LogP contribution in [0.5, 0.6) is 0 Å². The first kappa shape index (κ1) is 16.3. The van der Waals surface area contributed by atoms with E-state index >= 15 is 0 Å². The molecule has 2 aliphatic heterocycles. The van der Waals surface area contributed by atoms with E-state index in [1.165, 1.54) is 45.3 Å². The molecular formula is C17H34N2O. The largest absolute Gasteiger partial charge is 0.381 e. The van der Waals surface area contributed by atoms with Crippen LogP contribution in [0.2, 0.25) is 0 Å². The van der Waals surface area contributed by atoms with Crippen LogP contribution in [0.25, 0.3) is 0 Å². The van der Waals surface area contributed by atoms with Crippen molar-refractivity contribution in [3.63, 3.8) is 0 Å². The van der Waals surface area contributed by atoms with Crippen molar-refractivity contribution in [2.24, 2.45) is 17.3 Å². The van der Waals surface area contributed by atoms with Crippen LogP contribution in [0.3, 0.4) is 0 Å². The Morgan fingerprint density at radius 1 is 1.35 bits per heavy atom. The van der Waals surface area contributed by atoms with E-state index in [1.54, 1.807) is 0 Å². The predicted octanol–water partition coefficient (Wildman–Crippen LogP) is 2.76. The second-order valence-electron chi connectivity index (χ2n) is 7.66. The zero-order chi connectivity index (χ0) is 14.4. The van der Waals surface area contributed by atoms with Crippen LogP contribution in [0.4, 0.5) is 0 Å². The monoisotopic (exact) mass is 282 g/mol. The lowest BCUT2D eigenvalue weighted by atomic mass is 9.81. The summed E-state index contributed by atoms with van der Waals surface area (Å²) in [6.45, 7) is 14.9. The molecule has 3 nitrogen and oxygen atoms in total. The molecule has 2 aliphatic rings. The fourth-order valence-electron chi connectivity index (χ4n) is 3.76. The van der Waals surface area contributed by atoms with Crippen molar-refractivity contribution in [1.29, 1.82) is 0 Å². The number of rotatable bonds is 6. The van der Waals surface area contributed by atoms with E-state index in [2.05, 4.69) is 31.0 Å². The quantitative estimate of drug-likeness (QED) is 0.811. The Bertz CT molecular complexity index is 274. The summed E-state index contributed by atoms with van der Waals surface area (Å²) in [5.74, 6) is 1.60. The Balaban J connectivity index is 1.88. The molecule has 0 aromatic rings. The van der Waals surface area contributed by atoms with E-state index in [9.17, 15) is 0 Å². The molecule has 2 atom stereocenters. The number of piperidine rings is 1. The maximum absolute atomic E-state index is 5.84. The molecule has 0 radical (unpaired) electrons. The zero-order valence-electron chi connectivity index (χ0n) is 13.8. The molecule has 0 bridgehead atoms. The second kappa shape index (κ2) is 7.77. The Kier molecular flexibility index (Phi) is 6.31. The van der Waals surface area contributed by atoms with Crippen molar-refractivity contribution in [1.82, 2.24) is 10.2 Å². The van der Waals surface area contributed by atoms with Gasteiger partial charge in [0.25, 0.3) is 0 Å². The van der Waals surface area contributed by atoms with Gasteiger partial charge in [0, 0.05) is 31.7 Å². The number of ether oxygens (including phenoxy) is 1. The van der Waals surface area contributed by atoms with Crippen molar-refractivity contribution in [2.75, 3.05) is 45.9 Å². The molecule has 1 N–H and O–H groups in total. The summed E-state index contributed by atoms with van der Waals surface area (Å²) in [5, 5.41) is 3.69. The molecule has 118 valence electrons. The fourth-order valence-corrected chi connectivity index (χ4v) is 3.76. The minimum absolute atomic E-state index is 0.351. The van der Waals surface area contributed by atoms with E-state index in [0.717, 1.165) is 38.1 Å². The predicted molar refractivity (Wildman–Crippen MR) is 85.0 cm³/mol. The van der Waals surface area contributed by atoms with Gasteiger partial charge in [0.1, 0.15) is 0 Å². The zero-order valence-corrected chi connectivity index (χ0v) is 13.8. The topological polar surface area (TPSA) is 24.5 Å². The third-order valence-corrected chi connectivity index (χ3v) is 4.76. The van der Waals surface area contributed by atoms with Crippen LogP contribution in [0.1, 0.15) is 46.5 Å². The van der Waals surface area contributed by atoms with Crippen molar-refractivity contribution in [3.8, 4) is 0 Å². The first-order chi connectivity index (χ1) is 9.60. The molecule has 2 heterocycles. The van der Waals surface area contributed by atoms with Crippen LogP contribution >= 0.6 is 0 Å². The molecule has 0 aromatic carbocycles. The number of nitrogens with zero attached hydrogens (tertiary/aromatic N) is 1. The van der Waals surface area contributed by atoms with Crippen LogP contribution in [0, 0.1) is 17.3 Å². The Morgan fingerprint density at radius 2 is 2.20 bits per heavy atom. The lowest BCUT2D eigenvalue weighted by molar-refractivity contribution is -0.0316. The van der Waals surface area contributed by atoms with Crippen LogP contribution in [0.15, 0.2) is 0 Å².